The molecule has 5 nitrogen and oxygen atoms in total. The average Bonchev–Trinajstić information content (AvgIpc) is 3.10. The molecule has 0 radical (unpaired) electrons. The van der Waals surface area contributed by atoms with Crippen molar-refractivity contribution in [3.05, 3.63) is 72.8 Å². The number of rotatable bonds is 5. The Hall–Kier alpha value is -3.34. The minimum Gasteiger partial charge on any atom is -0.457 e. The van der Waals surface area contributed by atoms with E-state index in [1.807, 2.05) is 60.8 Å². The van der Waals surface area contributed by atoms with Crippen molar-refractivity contribution >= 4 is 11.3 Å². The van der Waals surface area contributed by atoms with E-state index in [9.17, 15) is 0 Å². The lowest BCUT2D eigenvalue weighted by molar-refractivity contribution is 0.483. The highest BCUT2D eigenvalue weighted by Crippen LogP contribution is 2.32. The van der Waals surface area contributed by atoms with E-state index in [0.717, 1.165) is 40.5 Å². The van der Waals surface area contributed by atoms with Gasteiger partial charge in [0.25, 0.3) is 0 Å². The number of anilines is 1. The summed E-state index contributed by atoms with van der Waals surface area (Å²) in [6.45, 7) is 4.33. The molecule has 4 aromatic rings. The Morgan fingerprint density at radius 3 is 2.44 bits per heavy atom. The maximum Gasteiger partial charge on any atom is 0.150 e. The van der Waals surface area contributed by atoms with E-state index in [-0.39, 0.29) is 0 Å². The first kappa shape index (κ1) is 17.1. The SMILES string of the molecule is CC[C@@H](C)c1nc(-c2ccc(Oc3ccccc3)cc2)c2c(N)nccn12. The largest absolute Gasteiger partial charge is 0.457 e. The van der Waals surface area contributed by atoms with Gasteiger partial charge in [-0.05, 0) is 42.8 Å². The molecule has 1 atom stereocenters. The van der Waals surface area contributed by atoms with Gasteiger partial charge in [-0.1, -0.05) is 32.0 Å². The van der Waals surface area contributed by atoms with E-state index in [1.165, 1.54) is 0 Å². The summed E-state index contributed by atoms with van der Waals surface area (Å²) in [5.74, 6) is 3.40. The van der Waals surface area contributed by atoms with Crippen LogP contribution >= 0.6 is 0 Å². The zero-order valence-corrected chi connectivity index (χ0v) is 15.5. The van der Waals surface area contributed by atoms with Crippen LogP contribution in [-0.2, 0) is 0 Å². The van der Waals surface area contributed by atoms with Crippen LogP contribution in [0.1, 0.15) is 32.0 Å². The molecule has 0 bridgehead atoms. The Balaban J connectivity index is 1.74. The van der Waals surface area contributed by atoms with Gasteiger partial charge in [0.15, 0.2) is 0 Å². The normalized spacial score (nSPS) is 12.2. The van der Waals surface area contributed by atoms with Crippen LogP contribution in [0.5, 0.6) is 11.5 Å². The molecule has 5 heteroatoms. The lowest BCUT2D eigenvalue weighted by Crippen LogP contribution is -2.01. The fourth-order valence-corrected chi connectivity index (χ4v) is 3.12. The molecule has 0 unspecified atom stereocenters. The first-order chi connectivity index (χ1) is 13.2. The molecule has 0 aliphatic carbocycles. The van der Waals surface area contributed by atoms with Crippen molar-refractivity contribution < 1.29 is 4.74 Å². The van der Waals surface area contributed by atoms with E-state index < -0.39 is 0 Å². The molecule has 0 saturated carbocycles. The molecule has 27 heavy (non-hydrogen) atoms. The molecule has 0 aliphatic rings. The van der Waals surface area contributed by atoms with Crippen LogP contribution in [0.2, 0.25) is 0 Å². The highest BCUT2D eigenvalue weighted by molar-refractivity contribution is 5.85. The van der Waals surface area contributed by atoms with Gasteiger partial charge in [0, 0.05) is 23.9 Å². The Morgan fingerprint density at radius 1 is 1.04 bits per heavy atom. The van der Waals surface area contributed by atoms with Gasteiger partial charge in [0.1, 0.15) is 34.4 Å². The fourth-order valence-electron chi connectivity index (χ4n) is 3.12. The third-order valence-corrected chi connectivity index (χ3v) is 4.77. The van der Waals surface area contributed by atoms with E-state index in [2.05, 4.69) is 23.2 Å². The third kappa shape index (κ3) is 3.24. The van der Waals surface area contributed by atoms with Crippen molar-refractivity contribution in [1.82, 2.24) is 14.4 Å². The second-order valence-corrected chi connectivity index (χ2v) is 6.60. The van der Waals surface area contributed by atoms with Crippen LogP contribution in [0.3, 0.4) is 0 Å². The van der Waals surface area contributed by atoms with Gasteiger partial charge in [-0.25, -0.2) is 9.97 Å². The van der Waals surface area contributed by atoms with Crippen LogP contribution in [0.15, 0.2) is 67.0 Å². The molecule has 0 spiro atoms. The Labute approximate surface area is 158 Å². The molecule has 0 fully saturated rings. The summed E-state index contributed by atoms with van der Waals surface area (Å²) in [5, 5.41) is 0. The van der Waals surface area contributed by atoms with Gasteiger partial charge >= 0.3 is 0 Å². The number of fused-ring (bicyclic) bond motifs is 1. The Bertz CT molecular complexity index is 1060. The predicted octanol–water partition coefficient (Wildman–Crippen LogP) is 5.28. The van der Waals surface area contributed by atoms with E-state index >= 15 is 0 Å². The molecule has 2 aromatic heterocycles. The molecule has 136 valence electrons. The van der Waals surface area contributed by atoms with Gasteiger partial charge in [0.05, 0.1) is 0 Å². The standard InChI is InChI=1S/C22H22N4O/c1-3-15(2)22-25-19(20-21(23)24-13-14-26(20)22)16-9-11-18(12-10-16)27-17-7-5-4-6-8-17/h4-15H,3H2,1-2H3,(H2,23,24)/t15-/m1/s1. The molecule has 0 saturated heterocycles. The van der Waals surface area contributed by atoms with Crippen molar-refractivity contribution in [2.24, 2.45) is 0 Å². The second-order valence-electron chi connectivity index (χ2n) is 6.60. The molecular weight excluding hydrogens is 336 g/mol. The fraction of sp³-hybridized carbons (Fsp3) is 0.182. The predicted molar refractivity (Wildman–Crippen MR) is 108 cm³/mol. The van der Waals surface area contributed by atoms with Gasteiger partial charge in [-0.2, -0.15) is 0 Å². The van der Waals surface area contributed by atoms with Crippen LogP contribution in [0.4, 0.5) is 5.82 Å². The summed E-state index contributed by atoms with van der Waals surface area (Å²) in [6, 6.07) is 17.6. The number of nitrogens with zero attached hydrogens (tertiary/aromatic N) is 3. The maximum absolute atomic E-state index is 6.18. The second kappa shape index (κ2) is 7.11. The first-order valence-corrected chi connectivity index (χ1v) is 9.13. The van der Waals surface area contributed by atoms with Crippen molar-refractivity contribution in [2.75, 3.05) is 5.73 Å². The summed E-state index contributed by atoms with van der Waals surface area (Å²) < 4.78 is 7.93. The average molecular weight is 358 g/mol. The van der Waals surface area contributed by atoms with E-state index in [1.54, 1.807) is 6.20 Å². The monoisotopic (exact) mass is 358 g/mol. The zero-order chi connectivity index (χ0) is 18.8. The molecule has 4 rings (SSSR count). The number of imidazole rings is 1. The molecule has 0 aliphatic heterocycles. The molecule has 0 amide bonds. The third-order valence-electron chi connectivity index (χ3n) is 4.77. The van der Waals surface area contributed by atoms with Crippen molar-refractivity contribution in [3.63, 3.8) is 0 Å². The van der Waals surface area contributed by atoms with Crippen molar-refractivity contribution in [2.45, 2.75) is 26.2 Å². The lowest BCUT2D eigenvalue weighted by atomic mass is 10.1. The van der Waals surface area contributed by atoms with Crippen molar-refractivity contribution in [3.8, 4) is 22.8 Å². The zero-order valence-electron chi connectivity index (χ0n) is 15.5. The number of hydrogen-bond donors (Lipinski definition) is 1. The number of benzene rings is 2. The highest BCUT2D eigenvalue weighted by Gasteiger charge is 2.18. The first-order valence-electron chi connectivity index (χ1n) is 9.13. The topological polar surface area (TPSA) is 65.4 Å². The lowest BCUT2D eigenvalue weighted by Gasteiger charge is -2.07. The number of ether oxygens (including phenoxy) is 1. The molecule has 2 N–H and O–H groups in total. The molecule has 2 aromatic carbocycles. The van der Waals surface area contributed by atoms with Crippen LogP contribution < -0.4 is 10.5 Å². The van der Waals surface area contributed by atoms with Crippen LogP contribution in [0, 0.1) is 0 Å². The summed E-state index contributed by atoms with van der Waals surface area (Å²) in [7, 11) is 0. The van der Waals surface area contributed by atoms with Crippen LogP contribution in [-0.4, -0.2) is 14.4 Å². The van der Waals surface area contributed by atoms with Crippen LogP contribution in [0.25, 0.3) is 16.8 Å². The number of nitrogens with two attached hydrogens (primary N) is 1. The number of nitrogen functional groups attached to an aromatic ring is 1. The smallest absolute Gasteiger partial charge is 0.150 e. The summed E-state index contributed by atoms with van der Waals surface area (Å²) in [4.78, 5) is 9.16. The molecular formula is C22H22N4O. The van der Waals surface area contributed by atoms with Gasteiger partial charge in [-0.15, -0.1) is 0 Å². The Kier molecular flexibility index (Phi) is 4.50. The van der Waals surface area contributed by atoms with Gasteiger partial charge in [0.2, 0.25) is 0 Å². The van der Waals surface area contributed by atoms with Crippen molar-refractivity contribution in [1.29, 1.82) is 0 Å². The minimum atomic E-state index is 0.328. The number of hydrogen-bond acceptors (Lipinski definition) is 4. The molecule has 2 heterocycles. The maximum atomic E-state index is 6.18. The summed E-state index contributed by atoms with van der Waals surface area (Å²) in [5.41, 5.74) is 8.87. The van der Waals surface area contributed by atoms with Gasteiger partial charge in [-0.3, -0.25) is 4.40 Å². The summed E-state index contributed by atoms with van der Waals surface area (Å²) >= 11 is 0. The number of aromatic nitrogens is 3. The summed E-state index contributed by atoms with van der Waals surface area (Å²) in [6.07, 6.45) is 4.65. The van der Waals surface area contributed by atoms with Gasteiger partial charge < -0.3 is 10.5 Å². The van der Waals surface area contributed by atoms with E-state index in [4.69, 9.17) is 15.5 Å². The Morgan fingerprint density at radius 2 is 1.74 bits per heavy atom. The quantitative estimate of drug-likeness (QED) is 0.527. The minimum absolute atomic E-state index is 0.328. The highest BCUT2D eigenvalue weighted by atomic mass is 16.5. The van der Waals surface area contributed by atoms with E-state index in [0.29, 0.717) is 11.7 Å². The number of para-hydroxylation sites is 1.